The minimum absolute atomic E-state index is 0.0285. The van der Waals surface area contributed by atoms with Gasteiger partial charge in [-0.1, -0.05) is 18.2 Å². The highest BCUT2D eigenvalue weighted by atomic mass is 16.6. The Morgan fingerprint density at radius 1 is 0.912 bits per heavy atom. The number of methoxy groups -OCH3 is 1. The lowest BCUT2D eigenvalue weighted by molar-refractivity contribution is -0.384. The van der Waals surface area contributed by atoms with E-state index in [9.17, 15) is 29.3 Å². The molecule has 1 aliphatic rings. The fourth-order valence-corrected chi connectivity index (χ4v) is 3.44. The first-order valence-corrected chi connectivity index (χ1v) is 9.92. The molecule has 1 aliphatic heterocycles. The third-order valence-electron chi connectivity index (χ3n) is 5.15. The molecule has 4 rings (SSSR count). The molecule has 1 heterocycles. The van der Waals surface area contributed by atoms with Crippen LogP contribution >= 0.6 is 0 Å². The summed E-state index contributed by atoms with van der Waals surface area (Å²) in [6.45, 7) is -0.532. The number of nitro groups is 1. The molecule has 0 bridgehead atoms. The van der Waals surface area contributed by atoms with Crippen LogP contribution in [0.5, 0.6) is 5.75 Å². The molecule has 0 saturated heterocycles. The molecule has 3 aromatic carbocycles. The summed E-state index contributed by atoms with van der Waals surface area (Å²) in [5.74, 6) is -2.23. The van der Waals surface area contributed by atoms with Crippen molar-refractivity contribution < 1.29 is 33.6 Å². The number of nitrogens with zero attached hydrogens (tertiary/aromatic N) is 2. The maximum Gasteiger partial charge on any atom is 0.338 e. The second kappa shape index (κ2) is 8.94. The van der Waals surface area contributed by atoms with Gasteiger partial charge in [0, 0.05) is 17.7 Å². The maximum absolute atomic E-state index is 12.9. The van der Waals surface area contributed by atoms with Gasteiger partial charge >= 0.3 is 5.97 Å². The Morgan fingerprint density at radius 2 is 1.65 bits per heavy atom. The zero-order chi connectivity index (χ0) is 24.4. The number of hydrogen-bond acceptors (Lipinski definition) is 8. The standard InChI is InChI=1S/C24H16N2O8/c1-33-18-7-2-4-14(10-18)21(27)13-34-24(30)15-8-9-19-20(11-15)23(29)25(22(19)28)16-5-3-6-17(12-16)26(31)32/h2-12H,13H2,1H3. The molecule has 10 heteroatoms. The number of nitro benzene ring substituents is 1. The molecule has 0 N–H and O–H groups in total. The topological polar surface area (TPSA) is 133 Å². The molecule has 0 unspecified atom stereocenters. The number of imide groups is 1. The van der Waals surface area contributed by atoms with E-state index < -0.39 is 35.1 Å². The number of esters is 1. The molecule has 0 saturated carbocycles. The number of non-ortho nitro benzene ring substituents is 1. The lowest BCUT2D eigenvalue weighted by Crippen LogP contribution is -2.29. The molecule has 3 aromatic rings. The van der Waals surface area contributed by atoms with Gasteiger partial charge in [0.15, 0.2) is 12.4 Å². The third-order valence-corrected chi connectivity index (χ3v) is 5.15. The molecule has 0 atom stereocenters. The summed E-state index contributed by atoms with van der Waals surface area (Å²) in [4.78, 5) is 61.7. The van der Waals surface area contributed by atoms with Gasteiger partial charge in [-0.3, -0.25) is 24.5 Å². The van der Waals surface area contributed by atoms with Crippen LogP contribution in [-0.2, 0) is 4.74 Å². The summed E-state index contributed by atoms with van der Waals surface area (Å²) in [6.07, 6.45) is 0. The number of Topliss-reactive ketones (excluding diaryl/α,β-unsaturated/α-hetero) is 1. The summed E-state index contributed by atoms with van der Waals surface area (Å²) < 4.78 is 10.1. The Balaban J connectivity index is 1.51. The minimum Gasteiger partial charge on any atom is -0.497 e. The van der Waals surface area contributed by atoms with Crippen LogP contribution in [0.4, 0.5) is 11.4 Å². The molecule has 0 radical (unpaired) electrons. The Labute approximate surface area is 192 Å². The van der Waals surface area contributed by atoms with E-state index in [-0.39, 0.29) is 28.1 Å². The van der Waals surface area contributed by atoms with Crippen LogP contribution in [0.15, 0.2) is 66.7 Å². The minimum atomic E-state index is -0.854. The van der Waals surface area contributed by atoms with E-state index in [2.05, 4.69) is 0 Å². The summed E-state index contributed by atoms with van der Waals surface area (Å²) in [6, 6.07) is 15.3. The number of carbonyl (C=O) groups is 4. The summed E-state index contributed by atoms with van der Waals surface area (Å²) in [5.41, 5.74) is 0.0201. The quantitative estimate of drug-likeness (QED) is 0.172. The molecule has 10 nitrogen and oxygen atoms in total. The number of carbonyl (C=O) groups excluding carboxylic acids is 4. The summed E-state index contributed by atoms with van der Waals surface area (Å²) in [7, 11) is 1.46. The van der Waals surface area contributed by atoms with Crippen molar-refractivity contribution in [2.24, 2.45) is 0 Å². The Kier molecular flexibility index (Phi) is 5.88. The fourth-order valence-electron chi connectivity index (χ4n) is 3.44. The van der Waals surface area contributed by atoms with Crippen LogP contribution in [-0.4, -0.2) is 42.2 Å². The first-order valence-electron chi connectivity index (χ1n) is 9.92. The lowest BCUT2D eigenvalue weighted by atomic mass is 10.1. The molecule has 34 heavy (non-hydrogen) atoms. The average molecular weight is 460 g/mol. The smallest absolute Gasteiger partial charge is 0.338 e. The number of benzene rings is 3. The number of hydrogen-bond donors (Lipinski definition) is 0. The van der Waals surface area contributed by atoms with Gasteiger partial charge in [-0.15, -0.1) is 0 Å². The van der Waals surface area contributed by atoms with Gasteiger partial charge in [0.1, 0.15) is 5.75 Å². The highest BCUT2D eigenvalue weighted by Gasteiger charge is 2.37. The third kappa shape index (κ3) is 4.11. The monoisotopic (exact) mass is 460 g/mol. The Hall–Kier alpha value is -4.86. The van der Waals surface area contributed by atoms with Gasteiger partial charge in [-0.05, 0) is 36.4 Å². The maximum atomic E-state index is 12.9. The Morgan fingerprint density at radius 3 is 2.38 bits per heavy atom. The zero-order valence-electron chi connectivity index (χ0n) is 17.7. The van der Waals surface area contributed by atoms with E-state index >= 15 is 0 Å². The van der Waals surface area contributed by atoms with E-state index in [1.807, 2.05) is 0 Å². The number of anilines is 1. The lowest BCUT2D eigenvalue weighted by Gasteiger charge is -2.13. The first-order chi connectivity index (χ1) is 16.3. The van der Waals surface area contributed by atoms with Crippen molar-refractivity contribution in [3.05, 3.63) is 99.1 Å². The van der Waals surface area contributed by atoms with E-state index in [1.54, 1.807) is 18.2 Å². The van der Waals surface area contributed by atoms with Crippen molar-refractivity contribution in [2.45, 2.75) is 0 Å². The van der Waals surface area contributed by atoms with Gasteiger partial charge in [-0.25, -0.2) is 9.69 Å². The molecule has 0 aliphatic carbocycles. The van der Waals surface area contributed by atoms with Gasteiger partial charge in [0.05, 0.1) is 34.4 Å². The predicted octanol–water partition coefficient (Wildman–Crippen LogP) is 3.44. The van der Waals surface area contributed by atoms with Crippen LogP contribution < -0.4 is 9.64 Å². The number of ketones is 1. The molecular weight excluding hydrogens is 444 g/mol. The van der Waals surface area contributed by atoms with E-state index in [4.69, 9.17) is 9.47 Å². The van der Waals surface area contributed by atoms with Crippen molar-refractivity contribution in [1.29, 1.82) is 0 Å². The molecule has 170 valence electrons. The highest BCUT2D eigenvalue weighted by Crippen LogP contribution is 2.31. The second-order valence-corrected chi connectivity index (χ2v) is 7.21. The first kappa shape index (κ1) is 22.3. The van der Waals surface area contributed by atoms with Gasteiger partial charge in [0.25, 0.3) is 17.5 Å². The number of rotatable bonds is 7. The largest absolute Gasteiger partial charge is 0.497 e. The van der Waals surface area contributed by atoms with Gasteiger partial charge in [0.2, 0.25) is 0 Å². The van der Waals surface area contributed by atoms with Gasteiger partial charge in [-0.2, -0.15) is 0 Å². The summed E-state index contributed by atoms with van der Waals surface area (Å²) >= 11 is 0. The highest BCUT2D eigenvalue weighted by molar-refractivity contribution is 6.34. The molecule has 0 spiro atoms. The summed E-state index contributed by atoms with van der Waals surface area (Å²) in [5, 5.41) is 11.0. The normalized spacial score (nSPS) is 12.3. The van der Waals surface area contributed by atoms with Crippen molar-refractivity contribution in [3.63, 3.8) is 0 Å². The van der Waals surface area contributed by atoms with Crippen molar-refractivity contribution in [3.8, 4) is 5.75 Å². The van der Waals surface area contributed by atoms with Gasteiger partial charge < -0.3 is 9.47 Å². The molecule has 0 fully saturated rings. The average Bonchev–Trinajstić information content (AvgIpc) is 3.11. The fraction of sp³-hybridized carbons (Fsp3) is 0.0833. The van der Waals surface area contributed by atoms with E-state index in [0.29, 0.717) is 11.3 Å². The van der Waals surface area contributed by atoms with E-state index in [1.165, 1.54) is 49.6 Å². The van der Waals surface area contributed by atoms with Crippen molar-refractivity contribution in [1.82, 2.24) is 0 Å². The van der Waals surface area contributed by atoms with Crippen molar-refractivity contribution in [2.75, 3.05) is 18.6 Å². The second-order valence-electron chi connectivity index (χ2n) is 7.21. The molecule has 0 aromatic heterocycles. The Bertz CT molecular complexity index is 1360. The number of ether oxygens (including phenoxy) is 2. The molecular formula is C24H16N2O8. The van der Waals surface area contributed by atoms with Crippen LogP contribution in [0.3, 0.4) is 0 Å². The van der Waals surface area contributed by atoms with Crippen molar-refractivity contribution >= 4 is 34.9 Å². The van der Waals surface area contributed by atoms with Crippen LogP contribution in [0.2, 0.25) is 0 Å². The zero-order valence-corrected chi connectivity index (χ0v) is 17.7. The number of amides is 2. The number of fused-ring (bicyclic) bond motifs is 1. The van der Waals surface area contributed by atoms with E-state index in [0.717, 1.165) is 11.0 Å². The van der Waals surface area contributed by atoms with Crippen LogP contribution in [0.25, 0.3) is 0 Å². The SMILES string of the molecule is COc1cccc(C(=O)COC(=O)c2ccc3c(c2)C(=O)N(c2cccc([N+](=O)[O-])c2)C3=O)c1. The molecule has 2 amide bonds. The van der Waals surface area contributed by atoms with Crippen LogP contribution in [0.1, 0.15) is 41.4 Å². The predicted molar refractivity (Wildman–Crippen MR) is 118 cm³/mol. The van der Waals surface area contributed by atoms with Crippen LogP contribution in [0, 0.1) is 10.1 Å².